The van der Waals surface area contributed by atoms with E-state index in [0.717, 1.165) is 24.3 Å². The lowest BCUT2D eigenvalue weighted by Gasteiger charge is -2.26. The Hall–Kier alpha value is -1.10. The summed E-state index contributed by atoms with van der Waals surface area (Å²) in [5, 5.41) is 12.5. The van der Waals surface area contributed by atoms with Gasteiger partial charge in [-0.2, -0.15) is 0 Å². The predicted molar refractivity (Wildman–Crippen MR) is 67.4 cm³/mol. The summed E-state index contributed by atoms with van der Waals surface area (Å²) in [6.07, 6.45) is 1.94. The first kappa shape index (κ1) is 11.0. The highest BCUT2D eigenvalue weighted by Gasteiger charge is 2.20. The summed E-state index contributed by atoms with van der Waals surface area (Å²) in [6.45, 7) is 1.90. The van der Waals surface area contributed by atoms with E-state index in [1.165, 1.54) is 0 Å². The molecule has 88 valence electrons. The minimum atomic E-state index is 0.416. The molecule has 3 rings (SSSR count). The fourth-order valence-electron chi connectivity index (χ4n) is 1.70. The highest BCUT2D eigenvalue weighted by Crippen LogP contribution is 2.27. The molecule has 0 spiro atoms. The summed E-state index contributed by atoms with van der Waals surface area (Å²) in [6, 6.07) is 5.88. The standard InChI is InChI=1S/C11H10Cl2N4/c12-9-2-1-7(3-10(9)13)11-6-17(16-15-11)8-4-14-5-8/h1-3,6,8,14H,4-5H2. The zero-order chi connectivity index (χ0) is 11.8. The van der Waals surface area contributed by atoms with E-state index in [-0.39, 0.29) is 0 Å². The van der Waals surface area contributed by atoms with Gasteiger partial charge in [-0.25, -0.2) is 4.68 Å². The van der Waals surface area contributed by atoms with Gasteiger partial charge in [-0.05, 0) is 12.1 Å². The number of nitrogens with zero attached hydrogens (tertiary/aromatic N) is 3. The van der Waals surface area contributed by atoms with Crippen molar-refractivity contribution in [3.05, 3.63) is 34.4 Å². The van der Waals surface area contributed by atoms with Crippen molar-refractivity contribution in [3.8, 4) is 11.3 Å². The van der Waals surface area contributed by atoms with Crippen molar-refractivity contribution in [1.29, 1.82) is 0 Å². The van der Waals surface area contributed by atoms with E-state index in [1.807, 2.05) is 16.9 Å². The Labute approximate surface area is 109 Å². The van der Waals surface area contributed by atoms with Crippen molar-refractivity contribution < 1.29 is 0 Å². The van der Waals surface area contributed by atoms with Crippen LogP contribution in [0, 0.1) is 0 Å². The molecule has 1 fully saturated rings. The quantitative estimate of drug-likeness (QED) is 0.910. The van der Waals surface area contributed by atoms with Crippen LogP contribution in [0.15, 0.2) is 24.4 Å². The summed E-state index contributed by atoms with van der Waals surface area (Å²) in [5.74, 6) is 0. The van der Waals surface area contributed by atoms with Crippen molar-refractivity contribution in [2.24, 2.45) is 0 Å². The Morgan fingerprint density at radius 1 is 1.24 bits per heavy atom. The van der Waals surface area contributed by atoms with E-state index in [4.69, 9.17) is 23.2 Å². The van der Waals surface area contributed by atoms with Crippen molar-refractivity contribution >= 4 is 23.2 Å². The van der Waals surface area contributed by atoms with Crippen LogP contribution in [0.3, 0.4) is 0 Å². The highest BCUT2D eigenvalue weighted by molar-refractivity contribution is 6.42. The molecule has 0 radical (unpaired) electrons. The van der Waals surface area contributed by atoms with E-state index >= 15 is 0 Å². The molecule has 1 aliphatic heterocycles. The number of rotatable bonds is 2. The third kappa shape index (κ3) is 2.04. The Kier molecular flexibility index (Phi) is 2.78. The fourth-order valence-corrected chi connectivity index (χ4v) is 2.00. The first-order chi connectivity index (χ1) is 8.24. The topological polar surface area (TPSA) is 42.7 Å². The molecule has 1 saturated heterocycles. The molecule has 0 saturated carbocycles. The first-order valence-electron chi connectivity index (χ1n) is 5.32. The second-order valence-corrected chi connectivity index (χ2v) is 4.84. The Bertz CT molecular complexity index is 548. The molecule has 17 heavy (non-hydrogen) atoms. The average molecular weight is 269 g/mol. The summed E-state index contributed by atoms with van der Waals surface area (Å²) in [5.41, 5.74) is 1.74. The first-order valence-corrected chi connectivity index (χ1v) is 6.07. The maximum absolute atomic E-state index is 5.97. The molecular formula is C11H10Cl2N4. The zero-order valence-corrected chi connectivity index (χ0v) is 10.4. The van der Waals surface area contributed by atoms with Crippen LogP contribution < -0.4 is 5.32 Å². The van der Waals surface area contributed by atoms with Gasteiger partial charge in [0.05, 0.1) is 22.3 Å². The molecule has 2 aromatic rings. The predicted octanol–water partition coefficient (Wildman–Crippen LogP) is 2.40. The van der Waals surface area contributed by atoms with Gasteiger partial charge in [0, 0.05) is 18.7 Å². The molecule has 2 heterocycles. The lowest BCUT2D eigenvalue weighted by Crippen LogP contribution is -2.43. The Morgan fingerprint density at radius 3 is 2.71 bits per heavy atom. The fraction of sp³-hybridized carbons (Fsp3) is 0.273. The Morgan fingerprint density at radius 2 is 2.06 bits per heavy atom. The molecule has 1 aliphatic rings. The maximum Gasteiger partial charge on any atom is 0.113 e. The average Bonchev–Trinajstić information content (AvgIpc) is 2.69. The van der Waals surface area contributed by atoms with Gasteiger partial charge < -0.3 is 5.32 Å². The van der Waals surface area contributed by atoms with Gasteiger partial charge in [-0.15, -0.1) is 5.10 Å². The van der Waals surface area contributed by atoms with Crippen molar-refractivity contribution in [2.75, 3.05) is 13.1 Å². The van der Waals surface area contributed by atoms with Gasteiger partial charge in [0.15, 0.2) is 0 Å². The van der Waals surface area contributed by atoms with Crippen LogP contribution in [0.5, 0.6) is 0 Å². The normalized spacial score (nSPS) is 15.9. The summed E-state index contributed by atoms with van der Waals surface area (Å²) < 4.78 is 1.88. The lowest BCUT2D eigenvalue weighted by atomic mass is 10.1. The molecule has 0 aliphatic carbocycles. The van der Waals surface area contributed by atoms with Crippen LogP contribution in [0.25, 0.3) is 11.3 Å². The molecule has 0 bridgehead atoms. The highest BCUT2D eigenvalue weighted by atomic mass is 35.5. The number of nitrogens with one attached hydrogen (secondary N) is 1. The largest absolute Gasteiger partial charge is 0.312 e. The summed E-state index contributed by atoms with van der Waals surface area (Å²) in [7, 11) is 0. The van der Waals surface area contributed by atoms with E-state index in [0.29, 0.717) is 16.1 Å². The van der Waals surface area contributed by atoms with E-state index < -0.39 is 0 Å². The zero-order valence-electron chi connectivity index (χ0n) is 8.90. The van der Waals surface area contributed by atoms with Crippen molar-refractivity contribution in [1.82, 2.24) is 20.3 Å². The number of aromatic nitrogens is 3. The minimum Gasteiger partial charge on any atom is -0.312 e. The SMILES string of the molecule is Clc1ccc(-c2cn(C3CNC3)nn2)cc1Cl. The smallest absolute Gasteiger partial charge is 0.113 e. The molecule has 0 atom stereocenters. The summed E-state index contributed by atoms with van der Waals surface area (Å²) >= 11 is 11.8. The van der Waals surface area contributed by atoms with Crippen LogP contribution in [-0.2, 0) is 0 Å². The third-order valence-electron chi connectivity index (χ3n) is 2.86. The lowest BCUT2D eigenvalue weighted by molar-refractivity contribution is 0.313. The van der Waals surface area contributed by atoms with Crippen LogP contribution in [-0.4, -0.2) is 28.1 Å². The van der Waals surface area contributed by atoms with Crippen LogP contribution in [0.2, 0.25) is 10.0 Å². The van der Waals surface area contributed by atoms with Crippen LogP contribution >= 0.6 is 23.2 Å². The van der Waals surface area contributed by atoms with Gasteiger partial charge in [0.2, 0.25) is 0 Å². The molecular weight excluding hydrogens is 259 g/mol. The maximum atomic E-state index is 5.97. The van der Waals surface area contributed by atoms with Gasteiger partial charge >= 0.3 is 0 Å². The number of hydrogen-bond donors (Lipinski definition) is 1. The minimum absolute atomic E-state index is 0.416. The second-order valence-electron chi connectivity index (χ2n) is 4.02. The summed E-state index contributed by atoms with van der Waals surface area (Å²) in [4.78, 5) is 0. The Balaban J connectivity index is 1.92. The van der Waals surface area contributed by atoms with Crippen LogP contribution in [0.4, 0.5) is 0 Å². The van der Waals surface area contributed by atoms with Crippen molar-refractivity contribution in [2.45, 2.75) is 6.04 Å². The molecule has 1 N–H and O–H groups in total. The molecule has 4 nitrogen and oxygen atoms in total. The number of halogens is 2. The monoisotopic (exact) mass is 268 g/mol. The number of hydrogen-bond acceptors (Lipinski definition) is 3. The molecule has 1 aromatic heterocycles. The van der Waals surface area contributed by atoms with E-state index in [1.54, 1.807) is 12.1 Å². The van der Waals surface area contributed by atoms with Gasteiger partial charge in [0.1, 0.15) is 5.69 Å². The van der Waals surface area contributed by atoms with Gasteiger partial charge in [0.25, 0.3) is 0 Å². The number of benzene rings is 1. The van der Waals surface area contributed by atoms with E-state index in [2.05, 4.69) is 15.6 Å². The molecule has 0 unspecified atom stereocenters. The van der Waals surface area contributed by atoms with Gasteiger partial charge in [-0.3, -0.25) is 0 Å². The van der Waals surface area contributed by atoms with Crippen LogP contribution in [0.1, 0.15) is 6.04 Å². The molecule has 1 aromatic carbocycles. The van der Waals surface area contributed by atoms with E-state index in [9.17, 15) is 0 Å². The molecule has 6 heteroatoms. The molecule has 0 amide bonds. The third-order valence-corrected chi connectivity index (χ3v) is 3.60. The van der Waals surface area contributed by atoms with Crippen molar-refractivity contribution in [3.63, 3.8) is 0 Å². The second kappa shape index (κ2) is 4.29. The van der Waals surface area contributed by atoms with Gasteiger partial charge in [-0.1, -0.05) is 34.5 Å².